The third-order valence-corrected chi connectivity index (χ3v) is 2.68. The maximum absolute atomic E-state index is 11.7. The average molecular weight is 298 g/mol. The van der Waals surface area contributed by atoms with Gasteiger partial charge in [0, 0.05) is 31.1 Å². The van der Waals surface area contributed by atoms with Crippen LogP contribution in [0.15, 0.2) is 30.0 Å². The summed E-state index contributed by atoms with van der Waals surface area (Å²) in [5, 5.41) is 12.6. The molecule has 106 valence electrons. The van der Waals surface area contributed by atoms with Crippen LogP contribution in [0.4, 0.5) is 5.69 Å². The van der Waals surface area contributed by atoms with Crippen LogP contribution in [0, 0.1) is 0 Å². The second-order valence-electron chi connectivity index (χ2n) is 4.54. The smallest absolute Gasteiger partial charge is 0.350 e. The Labute approximate surface area is 119 Å². The summed E-state index contributed by atoms with van der Waals surface area (Å²) in [4.78, 5) is 23.3. The Morgan fingerprint density at radius 3 is 2.40 bits per heavy atom. The van der Waals surface area contributed by atoms with E-state index in [-0.39, 0.29) is 17.0 Å². The Kier molecular flexibility index (Phi) is 3.59. The summed E-state index contributed by atoms with van der Waals surface area (Å²) in [6.07, 6.45) is 1.11. The van der Waals surface area contributed by atoms with Crippen molar-refractivity contribution in [3.63, 3.8) is 0 Å². The third-order valence-electron chi connectivity index (χ3n) is 2.45. The minimum absolute atomic E-state index is 0.118. The summed E-state index contributed by atoms with van der Waals surface area (Å²) in [5.74, 6) is -3.00. The van der Waals surface area contributed by atoms with Crippen molar-refractivity contribution in [1.82, 2.24) is 0 Å². The molecule has 1 aliphatic heterocycles. The van der Waals surface area contributed by atoms with Gasteiger partial charge in [0.15, 0.2) is 5.57 Å². The van der Waals surface area contributed by atoms with Crippen LogP contribution in [-0.2, 0) is 19.1 Å². The number of anilines is 1. The number of ether oxygens (including phenoxy) is 2. The van der Waals surface area contributed by atoms with Crippen LogP contribution in [0.25, 0.3) is 0 Å². The number of nitrogens with one attached hydrogen (secondary N) is 1. The van der Waals surface area contributed by atoms with E-state index < -0.39 is 17.7 Å². The van der Waals surface area contributed by atoms with Gasteiger partial charge in [0.05, 0.1) is 5.69 Å². The highest BCUT2D eigenvalue weighted by Crippen LogP contribution is 2.27. The lowest BCUT2D eigenvalue weighted by atomic mass is 10.2. The van der Waals surface area contributed by atoms with Gasteiger partial charge in [-0.3, -0.25) is 0 Å². The fourth-order valence-corrected chi connectivity index (χ4v) is 1.72. The second kappa shape index (κ2) is 5.05. The van der Waals surface area contributed by atoms with Crippen LogP contribution in [-0.4, -0.2) is 22.8 Å². The molecule has 1 aromatic rings. The SMILES string of the molecule is CC1(C)OC(=O)C(=CNc2ccc(Cl)cc2O)C(=O)O1. The van der Waals surface area contributed by atoms with Gasteiger partial charge in [-0.05, 0) is 12.1 Å². The van der Waals surface area contributed by atoms with Crippen LogP contribution in [0.3, 0.4) is 0 Å². The maximum Gasteiger partial charge on any atom is 0.350 e. The number of hydrogen-bond acceptors (Lipinski definition) is 6. The van der Waals surface area contributed by atoms with Crippen molar-refractivity contribution in [2.45, 2.75) is 19.6 Å². The summed E-state index contributed by atoms with van der Waals surface area (Å²) in [5.41, 5.74) is -0.00833. The minimum atomic E-state index is -1.28. The molecule has 0 aliphatic carbocycles. The number of carbonyl (C=O) groups excluding carboxylic acids is 2. The lowest BCUT2D eigenvalue weighted by Crippen LogP contribution is -2.42. The number of benzene rings is 1. The van der Waals surface area contributed by atoms with Gasteiger partial charge in [-0.1, -0.05) is 11.6 Å². The van der Waals surface area contributed by atoms with Crippen molar-refractivity contribution < 1.29 is 24.2 Å². The fourth-order valence-electron chi connectivity index (χ4n) is 1.56. The average Bonchev–Trinajstić information content (AvgIpc) is 2.28. The molecule has 1 aromatic carbocycles. The zero-order valence-corrected chi connectivity index (χ0v) is 11.5. The third kappa shape index (κ3) is 3.03. The summed E-state index contributed by atoms with van der Waals surface area (Å²) in [6, 6.07) is 4.36. The van der Waals surface area contributed by atoms with Crippen LogP contribution in [0.2, 0.25) is 5.02 Å². The van der Waals surface area contributed by atoms with Crippen LogP contribution < -0.4 is 5.32 Å². The Balaban J connectivity index is 2.19. The number of halogens is 1. The van der Waals surface area contributed by atoms with Crippen molar-refractivity contribution in [3.05, 3.63) is 35.0 Å². The maximum atomic E-state index is 11.7. The van der Waals surface area contributed by atoms with E-state index >= 15 is 0 Å². The molecule has 0 bridgehead atoms. The van der Waals surface area contributed by atoms with Gasteiger partial charge in [-0.25, -0.2) is 9.59 Å². The predicted octanol–water partition coefficient (Wildman–Crippen LogP) is 2.18. The Morgan fingerprint density at radius 1 is 1.25 bits per heavy atom. The molecule has 0 radical (unpaired) electrons. The molecule has 1 heterocycles. The molecular weight excluding hydrogens is 286 g/mol. The lowest BCUT2D eigenvalue weighted by Gasteiger charge is -2.29. The van der Waals surface area contributed by atoms with Crippen molar-refractivity contribution in [1.29, 1.82) is 0 Å². The number of esters is 2. The quantitative estimate of drug-likeness (QED) is 0.377. The predicted molar refractivity (Wildman–Crippen MR) is 71.1 cm³/mol. The lowest BCUT2D eigenvalue weighted by molar-refractivity contribution is -0.222. The summed E-state index contributed by atoms with van der Waals surface area (Å²) < 4.78 is 9.84. The molecule has 0 unspecified atom stereocenters. The number of phenolic OH excluding ortho intramolecular Hbond substituents is 1. The van der Waals surface area contributed by atoms with Gasteiger partial charge >= 0.3 is 11.9 Å². The van der Waals surface area contributed by atoms with Gasteiger partial charge < -0.3 is 19.9 Å². The number of cyclic esters (lactones) is 2. The van der Waals surface area contributed by atoms with E-state index in [0.717, 1.165) is 6.20 Å². The zero-order valence-electron chi connectivity index (χ0n) is 10.8. The van der Waals surface area contributed by atoms with Crippen LogP contribution >= 0.6 is 11.6 Å². The molecule has 6 nitrogen and oxygen atoms in total. The molecular formula is C13H12ClNO5. The van der Waals surface area contributed by atoms with Gasteiger partial charge in [-0.15, -0.1) is 0 Å². The Morgan fingerprint density at radius 2 is 1.85 bits per heavy atom. The van der Waals surface area contributed by atoms with Crippen molar-refractivity contribution >= 4 is 29.2 Å². The zero-order chi connectivity index (χ0) is 14.9. The van der Waals surface area contributed by atoms with Gasteiger partial charge in [0.25, 0.3) is 5.79 Å². The summed E-state index contributed by atoms with van der Waals surface area (Å²) in [6.45, 7) is 2.91. The first-order chi connectivity index (χ1) is 9.28. The van der Waals surface area contributed by atoms with Crippen LogP contribution in [0.5, 0.6) is 5.75 Å². The highest BCUT2D eigenvalue weighted by Gasteiger charge is 2.38. The second-order valence-corrected chi connectivity index (χ2v) is 4.98. The Bertz CT molecular complexity index is 587. The van der Waals surface area contributed by atoms with Gasteiger partial charge in [-0.2, -0.15) is 0 Å². The molecule has 7 heteroatoms. The monoisotopic (exact) mass is 297 g/mol. The number of aromatic hydroxyl groups is 1. The van der Waals surface area contributed by atoms with E-state index in [1.54, 1.807) is 6.07 Å². The van der Waals surface area contributed by atoms with Gasteiger partial charge in [0.2, 0.25) is 0 Å². The molecule has 0 atom stereocenters. The largest absolute Gasteiger partial charge is 0.506 e. The standard InChI is InChI=1S/C13H12ClNO5/c1-13(2)19-11(17)8(12(18)20-13)6-15-9-4-3-7(14)5-10(9)16/h3-6,15-16H,1-2H3. The molecule has 0 saturated carbocycles. The van der Waals surface area contributed by atoms with E-state index in [4.69, 9.17) is 21.1 Å². The van der Waals surface area contributed by atoms with E-state index in [1.165, 1.54) is 26.0 Å². The number of phenols is 1. The van der Waals surface area contributed by atoms with Crippen LogP contribution in [0.1, 0.15) is 13.8 Å². The molecule has 0 amide bonds. The molecule has 2 rings (SSSR count). The minimum Gasteiger partial charge on any atom is -0.506 e. The molecule has 1 fully saturated rings. The number of rotatable bonds is 2. The van der Waals surface area contributed by atoms with E-state index in [1.807, 2.05) is 0 Å². The Hall–Kier alpha value is -2.21. The van der Waals surface area contributed by atoms with Gasteiger partial charge in [0.1, 0.15) is 5.75 Å². The normalized spacial score (nSPS) is 17.2. The molecule has 2 N–H and O–H groups in total. The molecule has 1 saturated heterocycles. The first kappa shape index (κ1) is 14.2. The number of hydrogen-bond donors (Lipinski definition) is 2. The fraction of sp³-hybridized carbons (Fsp3) is 0.231. The number of carbonyl (C=O) groups is 2. The first-order valence-electron chi connectivity index (χ1n) is 5.70. The van der Waals surface area contributed by atoms with E-state index in [0.29, 0.717) is 5.02 Å². The van der Waals surface area contributed by atoms with Crippen molar-refractivity contribution in [2.75, 3.05) is 5.32 Å². The topological polar surface area (TPSA) is 84.9 Å². The summed E-state index contributed by atoms with van der Waals surface area (Å²) in [7, 11) is 0. The first-order valence-corrected chi connectivity index (χ1v) is 6.08. The molecule has 0 spiro atoms. The van der Waals surface area contributed by atoms with E-state index in [9.17, 15) is 14.7 Å². The molecule has 20 heavy (non-hydrogen) atoms. The molecule has 1 aliphatic rings. The van der Waals surface area contributed by atoms with E-state index in [2.05, 4.69) is 5.32 Å². The van der Waals surface area contributed by atoms with Crippen molar-refractivity contribution in [3.8, 4) is 5.75 Å². The highest BCUT2D eigenvalue weighted by molar-refractivity contribution is 6.30. The summed E-state index contributed by atoms with van der Waals surface area (Å²) >= 11 is 5.69. The van der Waals surface area contributed by atoms with Crippen molar-refractivity contribution in [2.24, 2.45) is 0 Å². The molecule has 0 aromatic heterocycles. The highest BCUT2D eigenvalue weighted by atomic mass is 35.5.